The van der Waals surface area contributed by atoms with Crippen LogP contribution in [0.3, 0.4) is 0 Å². The molecule has 8 heteroatoms. The molecular formula is C26H33N5O3. The number of carbonyl (C=O) groups excluding carboxylic acids is 1. The lowest BCUT2D eigenvalue weighted by molar-refractivity contribution is 0.0976. The number of aromatic nitrogens is 2. The summed E-state index contributed by atoms with van der Waals surface area (Å²) in [5.74, 6) is 1.12. The van der Waals surface area contributed by atoms with Gasteiger partial charge in [-0.2, -0.15) is 5.10 Å². The van der Waals surface area contributed by atoms with Crippen molar-refractivity contribution in [3.05, 3.63) is 70.0 Å². The molecule has 0 fully saturated rings. The molecule has 1 heterocycles. The number of benzene rings is 2. The molecule has 0 aliphatic rings. The van der Waals surface area contributed by atoms with Crippen molar-refractivity contribution in [1.29, 1.82) is 0 Å². The fourth-order valence-electron chi connectivity index (χ4n) is 3.91. The molecule has 3 rings (SSSR count). The Labute approximate surface area is 201 Å². The van der Waals surface area contributed by atoms with Crippen LogP contribution in [0.5, 0.6) is 11.5 Å². The number of guanidine groups is 1. The number of nitrogens with zero attached hydrogens (tertiary/aromatic N) is 3. The largest absolute Gasteiger partial charge is 0.493 e. The number of anilines is 1. The van der Waals surface area contributed by atoms with Crippen LogP contribution in [-0.4, -0.2) is 42.4 Å². The second kappa shape index (κ2) is 10.9. The Balaban J connectivity index is 1.84. The van der Waals surface area contributed by atoms with Crippen molar-refractivity contribution in [3.63, 3.8) is 0 Å². The van der Waals surface area contributed by atoms with Crippen LogP contribution in [0.2, 0.25) is 0 Å². The van der Waals surface area contributed by atoms with Gasteiger partial charge >= 0.3 is 0 Å². The van der Waals surface area contributed by atoms with Crippen molar-refractivity contribution < 1.29 is 14.3 Å². The zero-order valence-electron chi connectivity index (χ0n) is 20.9. The van der Waals surface area contributed by atoms with E-state index in [1.54, 1.807) is 25.3 Å². The standard InChI is InChI=1S/C26H33N5O3/c1-16-12-17(2)14-21(13-16)28-26(27-11-10-22-18(3)30-31(5)19(22)4)29-25(32)20-8-9-23(33-6)24(15-20)34-7/h8-9,12-15H,10-11H2,1-7H3,(H2,27,28,29,32). The Morgan fingerprint density at radius 1 is 1.00 bits per heavy atom. The Kier molecular flexibility index (Phi) is 7.94. The molecular weight excluding hydrogens is 430 g/mol. The number of hydrogen-bond donors (Lipinski definition) is 2. The zero-order valence-corrected chi connectivity index (χ0v) is 20.9. The van der Waals surface area contributed by atoms with Crippen LogP contribution in [0.4, 0.5) is 5.69 Å². The van der Waals surface area contributed by atoms with E-state index in [2.05, 4.69) is 26.8 Å². The smallest absolute Gasteiger partial charge is 0.258 e. The quantitative estimate of drug-likeness (QED) is 0.407. The molecule has 2 aromatic carbocycles. The highest BCUT2D eigenvalue weighted by Gasteiger charge is 2.14. The maximum atomic E-state index is 13.1. The summed E-state index contributed by atoms with van der Waals surface area (Å²) in [6, 6.07) is 11.2. The highest BCUT2D eigenvalue weighted by Crippen LogP contribution is 2.27. The summed E-state index contributed by atoms with van der Waals surface area (Å²) in [7, 11) is 5.03. The molecule has 0 saturated heterocycles. The van der Waals surface area contributed by atoms with Crippen molar-refractivity contribution in [3.8, 4) is 11.5 Å². The predicted octanol–water partition coefficient (Wildman–Crippen LogP) is 4.11. The van der Waals surface area contributed by atoms with Gasteiger partial charge in [0.2, 0.25) is 5.96 Å². The predicted molar refractivity (Wildman–Crippen MR) is 135 cm³/mol. The normalized spacial score (nSPS) is 11.3. The highest BCUT2D eigenvalue weighted by molar-refractivity contribution is 6.10. The van der Waals surface area contributed by atoms with E-state index in [0.717, 1.165) is 34.6 Å². The molecule has 180 valence electrons. The molecule has 2 N–H and O–H groups in total. The van der Waals surface area contributed by atoms with E-state index in [4.69, 9.17) is 9.47 Å². The third-order valence-corrected chi connectivity index (χ3v) is 5.65. The Hall–Kier alpha value is -3.81. The van der Waals surface area contributed by atoms with Gasteiger partial charge < -0.3 is 14.8 Å². The molecule has 0 spiro atoms. The fraction of sp³-hybridized carbons (Fsp3) is 0.346. The van der Waals surface area contributed by atoms with Crippen LogP contribution in [0.25, 0.3) is 0 Å². The van der Waals surface area contributed by atoms with Crippen LogP contribution in [0.15, 0.2) is 41.4 Å². The lowest BCUT2D eigenvalue weighted by atomic mass is 10.1. The Morgan fingerprint density at radius 3 is 2.26 bits per heavy atom. The SMILES string of the molecule is COc1ccc(C(=O)NC(=NCCc2c(C)nn(C)c2C)Nc2cc(C)cc(C)c2)cc1OC. The van der Waals surface area contributed by atoms with Crippen molar-refractivity contribution in [2.24, 2.45) is 12.0 Å². The van der Waals surface area contributed by atoms with Gasteiger partial charge in [0.15, 0.2) is 11.5 Å². The van der Waals surface area contributed by atoms with Gasteiger partial charge in [0.25, 0.3) is 5.91 Å². The Morgan fingerprint density at radius 2 is 1.68 bits per heavy atom. The van der Waals surface area contributed by atoms with E-state index in [0.29, 0.717) is 29.6 Å². The number of hydrogen-bond acceptors (Lipinski definition) is 5. The molecule has 34 heavy (non-hydrogen) atoms. The number of nitrogens with one attached hydrogen (secondary N) is 2. The number of methoxy groups -OCH3 is 2. The first-order chi connectivity index (χ1) is 16.2. The first kappa shape index (κ1) is 24.8. The molecule has 0 saturated carbocycles. The van der Waals surface area contributed by atoms with Crippen LogP contribution in [-0.2, 0) is 13.5 Å². The van der Waals surface area contributed by atoms with Gasteiger partial charge in [-0.05, 0) is 81.1 Å². The summed E-state index contributed by atoms with van der Waals surface area (Å²) >= 11 is 0. The van der Waals surface area contributed by atoms with Gasteiger partial charge in [-0.1, -0.05) is 6.07 Å². The molecule has 0 bridgehead atoms. The van der Waals surface area contributed by atoms with E-state index in [1.165, 1.54) is 12.7 Å². The lowest BCUT2D eigenvalue weighted by Crippen LogP contribution is -2.36. The van der Waals surface area contributed by atoms with Crippen LogP contribution < -0.4 is 20.1 Å². The number of aliphatic imine (C=N–C) groups is 1. The molecule has 0 aliphatic carbocycles. The van der Waals surface area contributed by atoms with Gasteiger partial charge in [0.05, 0.1) is 19.9 Å². The number of amides is 1. The molecule has 1 amide bonds. The monoisotopic (exact) mass is 463 g/mol. The van der Waals surface area contributed by atoms with E-state index in [1.807, 2.05) is 51.6 Å². The third kappa shape index (κ3) is 5.95. The van der Waals surface area contributed by atoms with Crippen molar-refractivity contribution in [2.75, 3.05) is 26.1 Å². The minimum absolute atomic E-state index is 0.301. The topological polar surface area (TPSA) is 89.8 Å². The third-order valence-electron chi connectivity index (χ3n) is 5.65. The van der Waals surface area contributed by atoms with Gasteiger partial charge in [0, 0.05) is 30.5 Å². The number of rotatable bonds is 7. The number of carbonyl (C=O) groups is 1. The number of ether oxygens (including phenoxy) is 2. The minimum atomic E-state index is -0.301. The van der Waals surface area contributed by atoms with Gasteiger partial charge in [-0.25, -0.2) is 0 Å². The molecule has 0 aliphatic heterocycles. The Bertz CT molecular complexity index is 1190. The summed E-state index contributed by atoms with van der Waals surface area (Å²) in [5.41, 5.74) is 6.82. The molecule has 3 aromatic rings. The van der Waals surface area contributed by atoms with Crippen LogP contribution >= 0.6 is 0 Å². The molecule has 1 aromatic heterocycles. The van der Waals surface area contributed by atoms with E-state index < -0.39 is 0 Å². The van der Waals surface area contributed by atoms with E-state index >= 15 is 0 Å². The molecule has 0 radical (unpaired) electrons. The number of aryl methyl sites for hydroxylation is 4. The summed E-state index contributed by atoms with van der Waals surface area (Å²) in [6.45, 7) is 8.61. The maximum absolute atomic E-state index is 13.1. The fourth-order valence-corrected chi connectivity index (χ4v) is 3.91. The van der Waals surface area contributed by atoms with E-state index in [-0.39, 0.29) is 5.91 Å². The highest BCUT2D eigenvalue weighted by atomic mass is 16.5. The van der Waals surface area contributed by atoms with Gasteiger partial charge in [-0.15, -0.1) is 0 Å². The lowest BCUT2D eigenvalue weighted by Gasteiger charge is -2.14. The maximum Gasteiger partial charge on any atom is 0.258 e. The summed E-state index contributed by atoms with van der Waals surface area (Å²) in [6.07, 6.45) is 0.718. The second-order valence-corrected chi connectivity index (χ2v) is 8.28. The van der Waals surface area contributed by atoms with Gasteiger partial charge in [-0.3, -0.25) is 19.8 Å². The summed E-state index contributed by atoms with van der Waals surface area (Å²) < 4.78 is 12.5. The van der Waals surface area contributed by atoms with Crippen molar-refractivity contribution in [2.45, 2.75) is 34.1 Å². The van der Waals surface area contributed by atoms with Crippen molar-refractivity contribution >= 4 is 17.6 Å². The van der Waals surface area contributed by atoms with Crippen molar-refractivity contribution in [1.82, 2.24) is 15.1 Å². The molecule has 8 nitrogen and oxygen atoms in total. The van der Waals surface area contributed by atoms with Crippen LogP contribution in [0, 0.1) is 27.7 Å². The molecule has 0 atom stereocenters. The van der Waals surface area contributed by atoms with Gasteiger partial charge in [0.1, 0.15) is 0 Å². The first-order valence-electron chi connectivity index (χ1n) is 11.1. The van der Waals surface area contributed by atoms with E-state index in [9.17, 15) is 4.79 Å². The molecule has 0 unspecified atom stereocenters. The van der Waals surface area contributed by atoms with Crippen LogP contribution in [0.1, 0.15) is 38.4 Å². The average Bonchev–Trinajstić information content (AvgIpc) is 3.03. The second-order valence-electron chi connectivity index (χ2n) is 8.28. The first-order valence-corrected chi connectivity index (χ1v) is 11.1. The summed E-state index contributed by atoms with van der Waals surface area (Å²) in [4.78, 5) is 17.7. The average molecular weight is 464 g/mol. The minimum Gasteiger partial charge on any atom is -0.493 e. The zero-order chi connectivity index (χ0) is 24.8. The summed E-state index contributed by atoms with van der Waals surface area (Å²) in [5, 5.41) is 10.7.